The molecule has 1 amide bonds. The number of aromatic nitrogens is 1. The molecule has 6 nitrogen and oxygen atoms in total. The minimum absolute atomic E-state index is 0.0342. The Labute approximate surface area is 166 Å². The average Bonchev–Trinajstić information content (AvgIpc) is 3.02. The summed E-state index contributed by atoms with van der Waals surface area (Å²) in [6.07, 6.45) is 1.20. The van der Waals surface area contributed by atoms with Crippen LogP contribution in [0.25, 0.3) is 10.2 Å². The number of nitrogens with two attached hydrogens (primary N) is 1. The monoisotopic (exact) mass is 421 g/mol. The average molecular weight is 422 g/mol. The Morgan fingerprint density at radius 2 is 1.96 bits per heavy atom. The molecule has 0 saturated carbocycles. The molecule has 3 N–H and O–H groups in total. The molecule has 0 unspecified atom stereocenters. The molecule has 2 aromatic carbocycles. The highest BCUT2D eigenvalue weighted by atomic mass is 32.2. The van der Waals surface area contributed by atoms with Crippen LogP contribution in [0, 0.1) is 0 Å². The summed E-state index contributed by atoms with van der Waals surface area (Å²) < 4.78 is 23.5. The number of hydrogen-bond donors (Lipinski definition) is 2. The lowest BCUT2D eigenvalue weighted by Crippen LogP contribution is -2.11. The predicted octanol–water partition coefficient (Wildman–Crippen LogP) is 3.60. The van der Waals surface area contributed by atoms with Gasteiger partial charge in [0.1, 0.15) is 0 Å². The molecule has 3 aromatic rings. The van der Waals surface area contributed by atoms with Gasteiger partial charge in [0.25, 0.3) is 0 Å². The first-order valence-electron chi connectivity index (χ1n) is 8.27. The van der Waals surface area contributed by atoms with E-state index in [1.807, 2.05) is 18.2 Å². The standard InChI is InChI=1S/C18H19N3O3S3/c19-27(23,24)14-8-9-15-16(11-14)26-18(20-15)21-17(22)7-4-10-25-12-13-5-2-1-3-6-13/h1-3,5-6,8-9,11H,4,7,10,12H2,(H2,19,23,24)(H,20,21,22). The lowest BCUT2D eigenvalue weighted by molar-refractivity contribution is -0.116. The number of nitrogens with zero attached hydrogens (tertiary/aromatic N) is 1. The van der Waals surface area contributed by atoms with E-state index < -0.39 is 10.0 Å². The van der Waals surface area contributed by atoms with Crippen molar-refractivity contribution < 1.29 is 13.2 Å². The molecule has 0 saturated heterocycles. The van der Waals surface area contributed by atoms with Crippen molar-refractivity contribution in [3.05, 3.63) is 54.1 Å². The lowest BCUT2D eigenvalue weighted by atomic mass is 10.2. The summed E-state index contributed by atoms with van der Waals surface area (Å²) in [5.41, 5.74) is 1.90. The molecule has 1 aromatic heterocycles. The van der Waals surface area contributed by atoms with Crippen LogP contribution in [0.3, 0.4) is 0 Å². The van der Waals surface area contributed by atoms with Crippen LogP contribution in [0.2, 0.25) is 0 Å². The Morgan fingerprint density at radius 1 is 1.19 bits per heavy atom. The van der Waals surface area contributed by atoms with E-state index in [9.17, 15) is 13.2 Å². The number of thioether (sulfide) groups is 1. The van der Waals surface area contributed by atoms with E-state index >= 15 is 0 Å². The zero-order chi connectivity index (χ0) is 19.3. The third-order valence-electron chi connectivity index (χ3n) is 3.74. The zero-order valence-electron chi connectivity index (χ0n) is 14.4. The molecule has 3 rings (SSSR count). The van der Waals surface area contributed by atoms with Crippen LogP contribution in [0.5, 0.6) is 0 Å². The second-order valence-corrected chi connectivity index (χ2v) is 9.58. The number of hydrogen-bond acceptors (Lipinski definition) is 6. The fourth-order valence-corrected chi connectivity index (χ4v) is 4.87. The van der Waals surface area contributed by atoms with Gasteiger partial charge in [-0.2, -0.15) is 11.8 Å². The number of nitrogens with one attached hydrogen (secondary N) is 1. The summed E-state index contributed by atoms with van der Waals surface area (Å²) in [4.78, 5) is 16.4. The van der Waals surface area contributed by atoms with Gasteiger partial charge in [0.2, 0.25) is 15.9 Å². The molecule has 0 spiro atoms. The van der Waals surface area contributed by atoms with Crippen LogP contribution in [-0.2, 0) is 20.6 Å². The smallest absolute Gasteiger partial charge is 0.238 e. The molecule has 1 heterocycles. The van der Waals surface area contributed by atoms with Gasteiger partial charge in [-0.15, -0.1) is 0 Å². The molecule has 0 aliphatic carbocycles. The number of thiazole rings is 1. The van der Waals surface area contributed by atoms with E-state index in [0.29, 0.717) is 21.8 Å². The summed E-state index contributed by atoms with van der Waals surface area (Å²) in [7, 11) is -3.76. The van der Waals surface area contributed by atoms with Gasteiger partial charge in [0, 0.05) is 12.2 Å². The topological polar surface area (TPSA) is 102 Å². The lowest BCUT2D eigenvalue weighted by Gasteiger charge is -2.03. The van der Waals surface area contributed by atoms with Crippen molar-refractivity contribution in [3.8, 4) is 0 Å². The van der Waals surface area contributed by atoms with Crippen molar-refractivity contribution >= 4 is 54.4 Å². The quantitative estimate of drug-likeness (QED) is 0.541. The molecule has 0 aliphatic heterocycles. The molecule has 27 heavy (non-hydrogen) atoms. The van der Waals surface area contributed by atoms with Crippen molar-refractivity contribution in [2.24, 2.45) is 5.14 Å². The molecule has 0 bridgehead atoms. The zero-order valence-corrected chi connectivity index (χ0v) is 16.9. The minimum Gasteiger partial charge on any atom is -0.302 e. The van der Waals surface area contributed by atoms with Crippen LogP contribution in [0.15, 0.2) is 53.4 Å². The predicted molar refractivity (Wildman–Crippen MR) is 111 cm³/mol. The van der Waals surface area contributed by atoms with Crippen molar-refractivity contribution in [2.75, 3.05) is 11.1 Å². The van der Waals surface area contributed by atoms with E-state index in [4.69, 9.17) is 5.14 Å². The molecule has 0 radical (unpaired) electrons. The third-order valence-corrected chi connectivity index (χ3v) is 6.70. The Morgan fingerprint density at radius 3 is 2.70 bits per heavy atom. The minimum atomic E-state index is -3.76. The highest BCUT2D eigenvalue weighted by Gasteiger charge is 2.12. The van der Waals surface area contributed by atoms with Gasteiger partial charge in [-0.1, -0.05) is 41.7 Å². The Kier molecular flexibility index (Phi) is 6.48. The van der Waals surface area contributed by atoms with Gasteiger partial charge in [0.05, 0.1) is 15.1 Å². The fraction of sp³-hybridized carbons (Fsp3) is 0.222. The van der Waals surface area contributed by atoms with Gasteiger partial charge >= 0.3 is 0 Å². The Balaban J connectivity index is 1.47. The van der Waals surface area contributed by atoms with E-state index in [2.05, 4.69) is 22.4 Å². The first kappa shape index (κ1) is 19.8. The molecular weight excluding hydrogens is 402 g/mol. The highest BCUT2D eigenvalue weighted by molar-refractivity contribution is 7.98. The molecule has 142 valence electrons. The van der Waals surface area contributed by atoms with Crippen LogP contribution < -0.4 is 10.5 Å². The number of carbonyl (C=O) groups excluding carboxylic acids is 1. The third kappa shape index (κ3) is 5.77. The summed E-state index contributed by atoms with van der Waals surface area (Å²) in [6, 6.07) is 14.7. The number of rotatable bonds is 8. The van der Waals surface area contributed by atoms with Crippen LogP contribution in [-0.4, -0.2) is 25.1 Å². The maximum Gasteiger partial charge on any atom is 0.238 e. The van der Waals surface area contributed by atoms with E-state index in [1.165, 1.54) is 29.0 Å². The number of amides is 1. The maximum absolute atomic E-state index is 12.1. The van der Waals surface area contributed by atoms with Crippen LogP contribution >= 0.6 is 23.1 Å². The Bertz CT molecular complexity index is 1030. The number of primary sulfonamides is 1. The largest absolute Gasteiger partial charge is 0.302 e. The second-order valence-electron chi connectivity index (χ2n) is 5.88. The van der Waals surface area contributed by atoms with Crippen molar-refractivity contribution in [3.63, 3.8) is 0 Å². The van der Waals surface area contributed by atoms with E-state index in [-0.39, 0.29) is 10.8 Å². The molecule has 0 fully saturated rings. The van der Waals surface area contributed by atoms with Crippen molar-refractivity contribution in [2.45, 2.75) is 23.5 Å². The van der Waals surface area contributed by atoms with Gasteiger partial charge in [0.15, 0.2) is 5.13 Å². The Hall–Kier alpha value is -1.94. The number of carbonyl (C=O) groups is 1. The molecular formula is C18H19N3O3S3. The van der Waals surface area contributed by atoms with E-state index in [0.717, 1.165) is 17.9 Å². The number of fused-ring (bicyclic) bond motifs is 1. The van der Waals surface area contributed by atoms with Crippen molar-refractivity contribution in [1.82, 2.24) is 4.98 Å². The first-order valence-corrected chi connectivity index (χ1v) is 11.8. The summed E-state index contributed by atoms with van der Waals surface area (Å²) in [5, 5.41) is 8.37. The van der Waals surface area contributed by atoms with Gasteiger partial charge < -0.3 is 5.32 Å². The maximum atomic E-state index is 12.1. The first-order chi connectivity index (χ1) is 12.9. The number of benzene rings is 2. The summed E-state index contributed by atoms with van der Waals surface area (Å²) in [6.45, 7) is 0. The normalized spacial score (nSPS) is 11.6. The van der Waals surface area contributed by atoms with Crippen molar-refractivity contribution in [1.29, 1.82) is 0 Å². The SMILES string of the molecule is NS(=O)(=O)c1ccc2nc(NC(=O)CCCSCc3ccccc3)sc2c1. The number of anilines is 1. The molecule has 0 aliphatic rings. The van der Waals surface area contributed by atoms with E-state index in [1.54, 1.807) is 17.8 Å². The summed E-state index contributed by atoms with van der Waals surface area (Å²) in [5.74, 6) is 1.74. The molecule has 0 atom stereocenters. The van der Waals surface area contributed by atoms with Gasteiger partial charge in [-0.3, -0.25) is 4.79 Å². The van der Waals surface area contributed by atoms with Gasteiger partial charge in [-0.25, -0.2) is 18.5 Å². The van der Waals surface area contributed by atoms with Crippen LogP contribution in [0.1, 0.15) is 18.4 Å². The van der Waals surface area contributed by atoms with Crippen LogP contribution in [0.4, 0.5) is 5.13 Å². The molecule has 9 heteroatoms. The summed E-state index contributed by atoms with van der Waals surface area (Å²) >= 11 is 3.03. The number of sulfonamides is 1. The second kappa shape index (κ2) is 8.83. The van der Waals surface area contributed by atoms with Gasteiger partial charge in [-0.05, 0) is 35.9 Å². The fourth-order valence-electron chi connectivity index (χ4n) is 2.42. The highest BCUT2D eigenvalue weighted by Crippen LogP contribution is 2.28.